The predicted octanol–water partition coefficient (Wildman–Crippen LogP) is 0.886. The number of hydrogen-bond donors (Lipinski definition) is 1. The van der Waals surface area contributed by atoms with E-state index in [-0.39, 0.29) is 0 Å². The molecule has 0 unspecified atom stereocenters. The van der Waals surface area contributed by atoms with Gasteiger partial charge in [-0.2, -0.15) is 0 Å². The SMILES string of the molecule is CCC[C@H](OC)C(=O)O. The van der Waals surface area contributed by atoms with Gasteiger partial charge in [0.25, 0.3) is 0 Å². The minimum absolute atomic E-state index is 0.589. The molecule has 3 nitrogen and oxygen atoms in total. The molecular formula is C6H12O3. The first-order valence-electron chi connectivity index (χ1n) is 2.98. The maximum absolute atomic E-state index is 10.2. The van der Waals surface area contributed by atoms with Crippen LogP contribution in [0.4, 0.5) is 0 Å². The third kappa shape index (κ3) is 3.08. The van der Waals surface area contributed by atoms with Crippen molar-refractivity contribution in [2.24, 2.45) is 0 Å². The van der Waals surface area contributed by atoms with E-state index in [0.717, 1.165) is 6.42 Å². The summed E-state index contributed by atoms with van der Waals surface area (Å²) in [6, 6.07) is 0. The number of carboxylic acids is 1. The molecule has 0 heterocycles. The Morgan fingerprint density at radius 2 is 2.33 bits per heavy atom. The molecule has 0 saturated carbocycles. The predicted molar refractivity (Wildman–Crippen MR) is 33.3 cm³/mol. The Balaban J connectivity index is 3.54. The number of aliphatic carboxylic acids is 1. The summed E-state index contributed by atoms with van der Waals surface area (Å²) >= 11 is 0. The first-order valence-corrected chi connectivity index (χ1v) is 2.98. The molecule has 0 rings (SSSR count). The van der Waals surface area contributed by atoms with Gasteiger partial charge in [0.1, 0.15) is 0 Å². The molecule has 0 amide bonds. The van der Waals surface area contributed by atoms with Gasteiger partial charge in [0.05, 0.1) is 0 Å². The number of carbonyl (C=O) groups is 1. The van der Waals surface area contributed by atoms with Crippen molar-refractivity contribution in [3.8, 4) is 0 Å². The Labute approximate surface area is 54.6 Å². The van der Waals surface area contributed by atoms with Gasteiger partial charge in [-0.05, 0) is 6.42 Å². The monoisotopic (exact) mass is 132 g/mol. The van der Waals surface area contributed by atoms with E-state index in [1.54, 1.807) is 0 Å². The van der Waals surface area contributed by atoms with Gasteiger partial charge in [-0.1, -0.05) is 13.3 Å². The van der Waals surface area contributed by atoms with Gasteiger partial charge in [-0.25, -0.2) is 4.79 Å². The van der Waals surface area contributed by atoms with Gasteiger partial charge < -0.3 is 9.84 Å². The Morgan fingerprint density at radius 3 is 2.44 bits per heavy atom. The summed E-state index contributed by atoms with van der Waals surface area (Å²) in [7, 11) is 1.41. The van der Waals surface area contributed by atoms with Crippen LogP contribution in [0.5, 0.6) is 0 Å². The molecular weight excluding hydrogens is 120 g/mol. The van der Waals surface area contributed by atoms with Crippen LogP contribution in [0, 0.1) is 0 Å². The van der Waals surface area contributed by atoms with Crippen LogP contribution >= 0.6 is 0 Å². The normalized spacial score (nSPS) is 13.1. The second kappa shape index (κ2) is 4.32. The highest BCUT2D eigenvalue weighted by molar-refractivity contribution is 5.72. The molecule has 0 aliphatic carbocycles. The lowest BCUT2D eigenvalue weighted by Crippen LogP contribution is -2.21. The van der Waals surface area contributed by atoms with Crippen molar-refractivity contribution in [3.05, 3.63) is 0 Å². The fourth-order valence-corrected chi connectivity index (χ4v) is 0.604. The second-order valence-electron chi connectivity index (χ2n) is 1.85. The van der Waals surface area contributed by atoms with E-state index in [4.69, 9.17) is 5.11 Å². The van der Waals surface area contributed by atoms with Gasteiger partial charge in [-0.15, -0.1) is 0 Å². The number of carboxylic acid groups (broad SMARTS) is 1. The zero-order valence-electron chi connectivity index (χ0n) is 5.76. The second-order valence-corrected chi connectivity index (χ2v) is 1.85. The summed E-state index contributed by atoms with van der Waals surface area (Å²) in [4.78, 5) is 10.2. The smallest absolute Gasteiger partial charge is 0.332 e. The highest BCUT2D eigenvalue weighted by Gasteiger charge is 2.13. The topological polar surface area (TPSA) is 46.5 Å². The lowest BCUT2D eigenvalue weighted by molar-refractivity contribution is -0.148. The first kappa shape index (κ1) is 8.43. The molecule has 54 valence electrons. The van der Waals surface area contributed by atoms with Crippen molar-refractivity contribution in [2.75, 3.05) is 7.11 Å². The number of hydrogen-bond acceptors (Lipinski definition) is 2. The molecule has 0 aromatic carbocycles. The minimum Gasteiger partial charge on any atom is -0.479 e. The zero-order chi connectivity index (χ0) is 7.28. The zero-order valence-corrected chi connectivity index (χ0v) is 5.76. The molecule has 0 aromatic heterocycles. The van der Waals surface area contributed by atoms with E-state index in [9.17, 15) is 4.79 Å². The maximum atomic E-state index is 10.2. The number of methoxy groups -OCH3 is 1. The standard InChI is InChI=1S/C6H12O3/c1-3-4-5(9-2)6(7)8/h5H,3-4H2,1-2H3,(H,7,8)/t5-/m0/s1. The van der Waals surface area contributed by atoms with E-state index in [0.29, 0.717) is 6.42 Å². The third-order valence-corrected chi connectivity index (χ3v) is 1.11. The summed E-state index contributed by atoms with van der Waals surface area (Å²) in [5.41, 5.74) is 0. The van der Waals surface area contributed by atoms with Crippen LogP contribution in [0.3, 0.4) is 0 Å². The number of rotatable bonds is 4. The summed E-state index contributed by atoms with van der Waals surface area (Å²) < 4.78 is 4.65. The fraction of sp³-hybridized carbons (Fsp3) is 0.833. The van der Waals surface area contributed by atoms with Crippen molar-refractivity contribution in [1.29, 1.82) is 0 Å². The Bertz CT molecular complexity index is 90.3. The Hall–Kier alpha value is -0.570. The van der Waals surface area contributed by atoms with Crippen LogP contribution in [-0.2, 0) is 9.53 Å². The molecule has 0 saturated heterocycles. The lowest BCUT2D eigenvalue weighted by Gasteiger charge is -2.06. The Morgan fingerprint density at radius 1 is 1.78 bits per heavy atom. The van der Waals surface area contributed by atoms with Crippen molar-refractivity contribution in [3.63, 3.8) is 0 Å². The van der Waals surface area contributed by atoms with Crippen LogP contribution in [0.25, 0.3) is 0 Å². The average Bonchev–Trinajstić information content (AvgIpc) is 1.82. The van der Waals surface area contributed by atoms with Gasteiger partial charge in [0, 0.05) is 7.11 Å². The summed E-state index contributed by atoms with van der Waals surface area (Å²) in [5.74, 6) is -0.876. The highest BCUT2D eigenvalue weighted by Crippen LogP contribution is 1.99. The third-order valence-electron chi connectivity index (χ3n) is 1.11. The van der Waals surface area contributed by atoms with E-state index >= 15 is 0 Å². The van der Waals surface area contributed by atoms with Crippen LogP contribution in [0.2, 0.25) is 0 Å². The van der Waals surface area contributed by atoms with Crippen molar-refractivity contribution in [1.82, 2.24) is 0 Å². The van der Waals surface area contributed by atoms with E-state index < -0.39 is 12.1 Å². The molecule has 3 heteroatoms. The molecule has 0 bridgehead atoms. The van der Waals surface area contributed by atoms with Crippen LogP contribution in [0.1, 0.15) is 19.8 Å². The van der Waals surface area contributed by atoms with Gasteiger partial charge >= 0.3 is 5.97 Å². The fourth-order valence-electron chi connectivity index (χ4n) is 0.604. The highest BCUT2D eigenvalue weighted by atomic mass is 16.5. The van der Waals surface area contributed by atoms with E-state index in [2.05, 4.69) is 4.74 Å². The molecule has 0 aromatic rings. The molecule has 0 spiro atoms. The van der Waals surface area contributed by atoms with Crippen LogP contribution in [-0.4, -0.2) is 24.3 Å². The largest absolute Gasteiger partial charge is 0.479 e. The summed E-state index contributed by atoms with van der Waals surface area (Å²) in [6.45, 7) is 1.93. The molecule has 1 N–H and O–H groups in total. The molecule has 1 atom stereocenters. The molecule has 0 radical (unpaired) electrons. The van der Waals surface area contributed by atoms with Gasteiger partial charge in [0.2, 0.25) is 0 Å². The maximum Gasteiger partial charge on any atom is 0.332 e. The molecule has 9 heavy (non-hydrogen) atoms. The summed E-state index contributed by atoms with van der Waals surface area (Å²) in [6.07, 6.45) is 0.811. The Kier molecular flexibility index (Phi) is 4.05. The van der Waals surface area contributed by atoms with Gasteiger partial charge in [0.15, 0.2) is 6.10 Å². The van der Waals surface area contributed by atoms with E-state index in [1.165, 1.54) is 7.11 Å². The van der Waals surface area contributed by atoms with Crippen molar-refractivity contribution in [2.45, 2.75) is 25.9 Å². The molecule has 0 aliphatic rings. The number of ether oxygens (including phenoxy) is 1. The lowest BCUT2D eigenvalue weighted by atomic mass is 10.2. The van der Waals surface area contributed by atoms with Crippen LogP contribution in [0.15, 0.2) is 0 Å². The van der Waals surface area contributed by atoms with Crippen molar-refractivity contribution < 1.29 is 14.6 Å². The van der Waals surface area contributed by atoms with Gasteiger partial charge in [-0.3, -0.25) is 0 Å². The molecule has 0 aliphatic heterocycles. The van der Waals surface area contributed by atoms with Crippen LogP contribution < -0.4 is 0 Å². The summed E-state index contributed by atoms with van der Waals surface area (Å²) in [5, 5.41) is 8.38. The average molecular weight is 132 g/mol. The van der Waals surface area contributed by atoms with E-state index in [1.807, 2.05) is 6.92 Å². The van der Waals surface area contributed by atoms with Crippen molar-refractivity contribution >= 4 is 5.97 Å². The molecule has 0 fully saturated rings. The minimum atomic E-state index is -0.876. The quantitative estimate of drug-likeness (QED) is 0.617. The first-order chi connectivity index (χ1) is 4.22.